The van der Waals surface area contributed by atoms with Gasteiger partial charge >= 0.3 is 0 Å². The van der Waals surface area contributed by atoms with Crippen molar-refractivity contribution in [3.05, 3.63) is 29.7 Å². The number of hydrogen-bond donors (Lipinski definition) is 1. The Morgan fingerprint density at radius 3 is 2.62 bits per heavy atom. The first kappa shape index (κ1) is 13.5. The van der Waals surface area contributed by atoms with Gasteiger partial charge in [-0.15, -0.1) is 0 Å². The molecule has 1 N–H and O–H groups in total. The summed E-state index contributed by atoms with van der Waals surface area (Å²) in [5.41, 5.74) is 3.26. The summed E-state index contributed by atoms with van der Waals surface area (Å²) in [5.74, 6) is 0. The average molecular weight is 223 g/mol. The molecule has 0 aromatic rings. The largest absolute Gasteiger partial charge is 0.385 e. The molecule has 1 aliphatic rings. The highest BCUT2D eigenvalue weighted by atomic mass is 16.5. The Morgan fingerprint density at radius 2 is 2.06 bits per heavy atom. The number of unbranched alkanes of at least 4 members (excludes halogenated alkanes) is 1. The van der Waals surface area contributed by atoms with Crippen molar-refractivity contribution in [3.8, 4) is 0 Å². The molecule has 0 bridgehead atoms. The maximum Gasteiger partial charge on any atom is 0.0972 e. The molecule has 2 nitrogen and oxygen atoms in total. The Labute approximate surface area is 99.0 Å². The van der Waals surface area contributed by atoms with Crippen molar-refractivity contribution in [1.82, 2.24) is 0 Å². The van der Waals surface area contributed by atoms with Gasteiger partial charge in [0.1, 0.15) is 0 Å². The van der Waals surface area contributed by atoms with Crippen LogP contribution < -0.4 is 0 Å². The van der Waals surface area contributed by atoms with Gasteiger partial charge in [0.2, 0.25) is 0 Å². The van der Waals surface area contributed by atoms with Gasteiger partial charge < -0.3 is 16.8 Å². The van der Waals surface area contributed by atoms with Gasteiger partial charge in [0, 0.05) is 6.61 Å². The Morgan fingerprint density at radius 1 is 1.38 bits per heavy atom. The predicted octanol–water partition coefficient (Wildman–Crippen LogP) is 3.03. The van der Waals surface area contributed by atoms with Crippen LogP contribution in [0.25, 0.3) is 0 Å². The molecular formula is C14H23O2-. The van der Waals surface area contributed by atoms with E-state index in [2.05, 4.69) is 13.8 Å². The van der Waals surface area contributed by atoms with Crippen LogP contribution in [-0.4, -0.2) is 23.9 Å². The topological polar surface area (TPSA) is 29.5 Å². The lowest BCUT2D eigenvalue weighted by molar-refractivity contribution is 0.0904. The first-order chi connectivity index (χ1) is 7.61. The maximum atomic E-state index is 9.82. The molecule has 0 aromatic carbocycles. The zero-order chi connectivity index (χ0) is 12.1. The van der Waals surface area contributed by atoms with Crippen LogP contribution in [0.5, 0.6) is 0 Å². The molecule has 16 heavy (non-hydrogen) atoms. The van der Waals surface area contributed by atoms with Crippen LogP contribution in [0.15, 0.2) is 22.8 Å². The van der Waals surface area contributed by atoms with Crippen LogP contribution in [0.1, 0.15) is 40.0 Å². The van der Waals surface area contributed by atoms with Crippen molar-refractivity contribution in [3.63, 3.8) is 0 Å². The van der Waals surface area contributed by atoms with E-state index in [-0.39, 0.29) is 6.10 Å². The SMILES string of the molecule is [CH2-]CC1=CC(O)C(C)=C(C)C1OCCCC. The van der Waals surface area contributed by atoms with Gasteiger partial charge in [-0.2, -0.15) is 6.42 Å². The molecule has 2 heteroatoms. The summed E-state index contributed by atoms with van der Waals surface area (Å²) in [6, 6.07) is 0. The summed E-state index contributed by atoms with van der Waals surface area (Å²) in [4.78, 5) is 0. The van der Waals surface area contributed by atoms with Crippen molar-refractivity contribution in [2.45, 2.75) is 52.2 Å². The van der Waals surface area contributed by atoms with Crippen LogP contribution in [0.4, 0.5) is 0 Å². The van der Waals surface area contributed by atoms with E-state index in [1.165, 1.54) is 0 Å². The van der Waals surface area contributed by atoms with Crippen molar-refractivity contribution >= 4 is 0 Å². The van der Waals surface area contributed by atoms with Crippen LogP contribution in [0.2, 0.25) is 0 Å². The van der Waals surface area contributed by atoms with Crippen LogP contribution in [0, 0.1) is 6.92 Å². The minimum Gasteiger partial charge on any atom is -0.385 e. The molecule has 2 atom stereocenters. The Hall–Kier alpha value is -0.600. The number of ether oxygens (including phenoxy) is 1. The lowest BCUT2D eigenvalue weighted by atomic mass is 9.87. The molecule has 1 rings (SSSR count). The average Bonchev–Trinajstić information content (AvgIpc) is 2.29. The summed E-state index contributed by atoms with van der Waals surface area (Å²) in [5, 5.41) is 9.82. The zero-order valence-electron chi connectivity index (χ0n) is 10.6. The standard InChI is InChI=1S/C14H23O2/c1-5-7-8-16-14-11(4)10(3)13(15)9-12(14)6-2/h9,13-15H,2,5-8H2,1,3-4H3/q-1. The molecule has 0 amide bonds. The summed E-state index contributed by atoms with van der Waals surface area (Å²) in [6.45, 7) is 10.8. The van der Waals surface area contributed by atoms with Crippen molar-refractivity contribution in [2.24, 2.45) is 0 Å². The van der Waals surface area contributed by atoms with Crippen molar-refractivity contribution in [2.75, 3.05) is 6.61 Å². The quantitative estimate of drug-likeness (QED) is 0.441. The first-order valence-electron chi connectivity index (χ1n) is 6.08. The third-order valence-corrected chi connectivity index (χ3v) is 3.24. The highest BCUT2D eigenvalue weighted by Gasteiger charge is 2.23. The highest BCUT2D eigenvalue weighted by molar-refractivity contribution is 5.36. The second kappa shape index (κ2) is 6.21. The fourth-order valence-corrected chi connectivity index (χ4v) is 1.93. The van der Waals surface area contributed by atoms with E-state index in [0.717, 1.165) is 36.2 Å². The van der Waals surface area contributed by atoms with E-state index in [4.69, 9.17) is 4.74 Å². The lowest BCUT2D eigenvalue weighted by Crippen LogP contribution is -2.27. The van der Waals surface area contributed by atoms with E-state index < -0.39 is 6.10 Å². The third kappa shape index (κ3) is 2.96. The highest BCUT2D eigenvalue weighted by Crippen LogP contribution is 2.29. The molecule has 1 aliphatic carbocycles. The van der Waals surface area contributed by atoms with E-state index in [1.54, 1.807) is 0 Å². The summed E-state index contributed by atoms with van der Waals surface area (Å²) < 4.78 is 5.88. The molecule has 0 saturated carbocycles. The fourth-order valence-electron chi connectivity index (χ4n) is 1.93. The normalized spacial score (nSPS) is 25.9. The van der Waals surface area contributed by atoms with Crippen LogP contribution >= 0.6 is 0 Å². The fraction of sp³-hybridized carbons (Fsp3) is 0.643. The minimum atomic E-state index is -0.456. The van der Waals surface area contributed by atoms with Gasteiger partial charge in [-0.3, -0.25) is 0 Å². The molecule has 2 unspecified atom stereocenters. The molecule has 0 spiro atoms. The molecule has 0 aliphatic heterocycles. The second-order valence-electron chi connectivity index (χ2n) is 4.41. The van der Waals surface area contributed by atoms with Gasteiger partial charge in [0.25, 0.3) is 0 Å². The van der Waals surface area contributed by atoms with Gasteiger partial charge in [-0.25, -0.2) is 0 Å². The third-order valence-electron chi connectivity index (χ3n) is 3.24. The van der Waals surface area contributed by atoms with Gasteiger partial charge in [-0.1, -0.05) is 25.0 Å². The maximum absolute atomic E-state index is 9.82. The Bertz CT molecular complexity index is 289. The van der Waals surface area contributed by atoms with E-state index in [9.17, 15) is 5.11 Å². The lowest BCUT2D eigenvalue weighted by Gasteiger charge is -2.30. The van der Waals surface area contributed by atoms with Crippen molar-refractivity contribution in [1.29, 1.82) is 0 Å². The molecule has 0 heterocycles. The van der Waals surface area contributed by atoms with Gasteiger partial charge in [0.15, 0.2) is 0 Å². The first-order valence-corrected chi connectivity index (χ1v) is 6.08. The van der Waals surface area contributed by atoms with Gasteiger partial charge in [-0.05, 0) is 31.4 Å². The molecule has 92 valence electrons. The molecule has 0 fully saturated rings. The predicted molar refractivity (Wildman–Crippen MR) is 67.1 cm³/mol. The molecular weight excluding hydrogens is 200 g/mol. The summed E-state index contributed by atoms with van der Waals surface area (Å²) >= 11 is 0. The molecule has 0 aromatic heterocycles. The number of rotatable bonds is 5. The van der Waals surface area contributed by atoms with E-state index in [0.29, 0.717) is 6.42 Å². The van der Waals surface area contributed by atoms with Gasteiger partial charge in [0.05, 0.1) is 12.2 Å². The van der Waals surface area contributed by atoms with E-state index in [1.807, 2.05) is 19.9 Å². The molecule has 0 saturated heterocycles. The minimum absolute atomic E-state index is 0.0347. The Kier molecular flexibility index (Phi) is 5.23. The molecule has 0 radical (unpaired) electrons. The number of hydrogen-bond acceptors (Lipinski definition) is 2. The van der Waals surface area contributed by atoms with Crippen LogP contribution in [-0.2, 0) is 4.74 Å². The summed E-state index contributed by atoms with van der Waals surface area (Å²) in [7, 11) is 0. The monoisotopic (exact) mass is 223 g/mol. The van der Waals surface area contributed by atoms with E-state index >= 15 is 0 Å². The zero-order valence-corrected chi connectivity index (χ0v) is 10.6. The number of aliphatic hydroxyl groups excluding tert-OH is 1. The second-order valence-corrected chi connectivity index (χ2v) is 4.41. The van der Waals surface area contributed by atoms with Crippen molar-refractivity contribution < 1.29 is 9.84 Å². The number of aliphatic hydroxyl groups is 1. The smallest absolute Gasteiger partial charge is 0.0972 e. The van der Waals surface area contributed by atoms with Crippen LogP contribution in [0.3, 0.4) is 0 Å². The summed E-state index contributed by atoms with van der Waals surface area (Å²) in [6.07, 6.45) is 4.37. The Balaban J connectivity index is 2.74.